The van der Waals surface area contributed by atoms with Gasteiger partial charge < -0.3 is 14.6 Å². The Hall–Kier alpha value is -0.393. The first-order valence-electron chi connectivity index (χ1n) is 10.3. The fourth-order valence-electron chi connectivity index (χ4n) is 2.70. The Bertz CT molecular complexity index is 315. The van der Waals surface area contributed by atoms with Crippen molar-refractivity contribution in [3.8, 4) is 0 Å². The highest BCUT2D eigenvalue weighted by atomic mass is 28.3. The summed E-state index contributed by atoms with van der Waals surface area (Å²) in [5.41, 5.74) is 0. The van der Waals surface area contributed by atoms with Crippen LogP contribution in [0.1, 0.15) is 77.6 Å². The Labute approximate surface area is 156 Å². The van der Waals surface area contributed by atoms with E-state index in [9.17, 15) is 4.79 Å². The molecule has 0 aliphatic rings. The minimum Gasteiger partial charge on any atom is -0.481 e. The predicted octanol–water partition coefficient (Wildman–Crippen LogP) is 6.08. The van der Waals surface area contributed by atoms with E-state index in [1.807, 2.05) is 0 Å². The molecule has 150 valence electrons. The molecule has 0 aromatic heterocycles. The normalized spacial score (nSPS) is 13.1. The van der Waals surface area contributed by atoms with Gasteiger partial charge in [-0.15, -0.1) is 0 Å². The van der Waals surface area contributed by atoms with Crippen molar-refractivity contribution in [2.24, 2.45) is 0 Å². The molecular weight excluding hydrogens is 332 g/mol. The van der Waals surface area contributed by atoms with Crippen LogP contribution < -0.4 is 0 Å². The average Bonchev–Trinajstić information content (AvgIpc) is 2.51. The van der Waals surface area contributed by atoms with E-state index in [0.29, 0.717) is 6.61 Å². The summed E-state index contributed by atoms with van der Waals surface area (Å²) in [5, 5.41) is 9.02. The van der Waals surface area contributed by atoms with Gasteiger partial charge in [0.1, 0.15) is 6.79 Å². The van der Waals surface area contributed by atoms with Crippen molar-refractivity contribution in [2.45, 2.75) is 109 Å². The molecule has 25 heavy (non-hydrogen) atoms. The summed E-state index contributed by atoms with van der Waals surface area (Å²) in [6, 6.07) is 1.11. The molecule has 0 aliphatic heterocycles. The SMILES string of the molecule is CCCCCCCCCCC[C@H](CC(=O)O)OCOCC[Si](C)(C)C. The van der Waals surface area contributed by atoms with Crippen LogP contribution in [0, 0.1) is 0 Å². The molecule has 0 saturated carbocycles. The third-order valence-corrected chi connectivity index (χ3v) is 6.12. The number of carbonyl (C=O) groups is 1. The molecule has 5 heteroatoms. The van der Waals surface area contributed by atoms with Crippen LogP contribution >= 0.6 is 0 Å². The number of hydrogen-bond donors (Lipinski definition) is 1. The summed E-state index contributed by atoms with van der Waals surface area (Å²) < 4.78 is 11.2. The molecule has 0 amide bonds. The Morgan fingerprint density at radius 2 is 1.52 bits per heavy atom. The molecule has 1 atom stereocenters. The van der Waals surface area contributed by atoms with Crippen LogP contribution in [0.5, 0.6) is 0 Å². The highest BCUT2D eigenvalue weighted by Crippen LogP contribution is 2.14. The molecule has 0 spiro atoms. The summed E-state index contributed by atoms with van der Waals surface area (Å²) in [5.74, 6) is -0.789. The van der Waals surface area contributed by atoms with Crippen LogP contribution in [0.15, 0.2) is 0 Å². The fraction of sp³-hybridized carbons (Fsp3) is 0.950. The zero-order chi connectivity index (χ0) is 19.0. The number of aliphatic carboxylic acids is 1. The zero-order valence-corrected chi connectivity index (χ0v) is 18.1. The van der Waals surface area contributed by atoms with E-state index >= 15 is 0 Å². The van der Waals surface area contributed by atoms with E-state index in [1.54, 1.807) is 0 Å². The molecule has 0 saturated heterocycles. The summed E-state index contributed by atoms with van der Waals surface area (Å²) >= 11 is 0. The van der Waals surface area contributed by atoms with Gasteiger partial charge in [0.2, 0.25) is 0 Å². The smallest absolute Gasteiger partial charge is 0.305 e. The minimum absolute atomic E-state index is 0.0778. The highest BCUT2D eigenvalue weighted by Gasteiger charge is 2.15. The van der Waals surface area contributed by atoms with Gasteiger partial charge >= 0.3 is 5.97 Å². The topological polar surface area (TPSA) is 55.8 Å². The minimum atomic E-state index is -1.08. The molecule has 0 heterocycles. The van der Waals surface area contributed by atoms with Gasteiger partial charge in [0, 0.05) is 14.7 Å². The quantitative estimate of drug-likeness (QED) is 0.179. The molecule has 0 aliphatic carbocycles. The maximum absolute atomic E-state index is 11.0. The molecule has 0 radical (unpaired) electrons. The van der Waals surface area contributed by atoms with Crippen molar-refractivity contribution < 1.29 is 19.4 Å². The monoisotopic (exact) mass is 374 g/mol. The summed E-state index contributed by atoms with van der Waals surface area (Å²) in [7, 11) is -1.08. The maximum Gasteiger partial charge on any atom is 0.305 e. The lowest BCUT2D eigenvalue weighted by molar-refractivity contribution is -0.144. The van der Waals surface area contributed by atoms with E-state index < -0.39 is 14.0 Å². The van der Waals surface area contributed by atoms with Gasteiger partial charge in [-0.3, -0.25) is 4.79 Å². The zero-order valence-electron chi connectivity index (χ0n) is 17.1. The van der Waals surface area contributed by atoms with Crippen LogP contribution in [-0.4, -0.2) is 38.7 Å². The first-order chi connectivity index (χ1) is 11.8. The van der Waals surface area contributed by atoms with Crippen LogP contribution in [0.3, 0.4) is 0 Å². The Morgan fingerprint density at radius 3 is 2.04 bits per heavy atom. The van der Waals surface area contributed by atoms with Crippen molar-refractivity contribution in [1.29, 1.82) is 0 Å². The van der Waals surface area contributed by atoms with E-state index in [4.69, 9.17) is 14.6 Å². The number of unbranched alkanes of at least 4 members (excludes halogenated alkanes) is 8. The summed E-state index contributed by atoms with van der Waals surface area (Å²) in [6.07, 6.45) is 12.2. The molecule has 0 unspecified atom stereocenters. The lowest BCUT2D eigenvalue weighted by Gasteiger charge is -2.18. The van der Waals surface area contributed by atoms with Crippen molar-refractivity contribution in [3.63, 3.8) is 0 Å². The predicted molar refractivity (Wildman–Crippen MR) is 108 cm³/mol. The van der Waals surface area contributed by atoms with Gasteiger partial charge in [0.05, 0.1) is 12.5 Å². The third kappa shape index (κ3) is 19.8. The second kappa shape index (κ2) is 15.8. The molecule has 0 aromatic rings. The van der Waals surface area contributed by atoms with E-state index in [2.05, 4.69) is 26.6 Å². The second-order valence-corrected chi connectivity index (χ2v) is 14.0. The number of hydrogen-bond acceptors (Lipinski definition) is 3. The van der Waals surface area contributed by atoms with E-state index in [-0.39, 0.29) is 19.3 Å². The van der Waals surface area contributed by atoms with E-state index in [1.165, 1.54) is 51.4 Å². The van der Waals surface area contributed by atoms with Crippen molar-refractivity contribution in [3.05, 3.63) is 0 Å². The van der Waals surface area contributed by atoms with Crippen molar-refractivity contribution >= 4 is 14.0 Å². The summed E-state index contributed by atoms with van der Waals surface area (Å²) in [4.78, 5) is 11.0. The van der Waals surface area contributed by atoms with Gasteiger partial charge in [-0.05, 0) is 12.5 Å². The molecule has 1 N–H and O–H groups in total. The number of rotatable bonds is 18. The molecule has 0 bridgehead atoms. The maximum atomic E-state index is 11.0. The van der Waals surface area contributed by atoms with E-state index in [0.717, 1.165) is 18.9 Å². The van der Waals surface area contributed by atoms with Gasteiger partial charge in [-0.25, -0.2) is 0 Å². The fourth-order valence-corrected chi connectivity index (χ4v) is 3.46. The van der Waals surface area contributed by atoms with Gasteiger partial charge in [-0.2, -0.15) is 0 Å². The molecule has 0 rings (SSSR count). The number of carboxylic acid groups (broad SMARTS) is 1. The van der Waals surface area contributed by atoms with Gasteiger partial charge in [0.15, 0.2) is 0 Å². The van der Waals surface area contributed by atoms with Crippen molar-refractivity contribution in [2.75, 3.05) is 13.4 Å². The number of ether oxygens (including phenoxy) is 2. The molecule has 0 aromatic carbocycles. The van der Waals surface area contributed by atoms with Gasteiger partial charge in [0.25, 0.3) is 0 Å². The second-order valence-electron chi connectivity index (χ2n) is 8.34. The van der Waals surface area contributed by atoms with Gasteiger partial charge in [-0.1, -0.05) is 84.4 Å². The summed E-state index contributed by atoms with van der Waals surface area (Å²) in [6.45, 7) is 10.1. The molecule has 4 nitrogen and oxygen atoms in total. The lowest BCUT2D eigenvalue weighted by atomic mass is 10.0. The lowest BCUT2D eigenvalue weighted by Crippen LogP contribution is -2.23. The van der Waals surface area contributed by atoms with Crippen LogP contribution in [0.25, 0.3) is 0 Å². The first-order valence-corrected chi connectivity index (χ1v) is 14.0. The Balaban J connectivity index is 3.69. The number of carboxylic acids is 1. The molecular formula is C20H42O4Si. The van der Waals surface area contributed by atoms with Crippen LogP contribution in [-0.2, 0) is 14.3 Å². The van der Waals surface area contributed by atoms with Crippen LogP contribution in [0.2, 0.25) is 25.7 Å². The Kier molecular flexibility index (Phi) is 15.6. The first kappa shape index (κ1) is 24.6. The van der Waals surface area contributed by atoms with Crippen molar-refractivity contribution in [1.82, 2.24) is 0 Å². The average molecular weight is 375 g/mol. The standard InChI is InChI=1S/C20H42O4Si/c1-5-6-7-8-9-10-11-12-13-14-19(17-20(21)22)24-18-23-15-16-25(2,3)4/h19H,5-18H2,1-4H3,(H,21,22)/t19-/m1/s1. The van der Waals surface area contributed by atoms with Crippen LogP contribution in [0.4, 0.5) is 0 Å². The third-order valence-electron chi connectivity index (χ3n) is 4.42. The molecule has 0 fully saturated rings. The highest BCUT2D eigenvalue weighted by molar-refractivity contribution is 6.76. The Morgan fingerprint density at radius 1 is 0.960 bits per heavy atom. The largest absolute Gasteiger partial charge is 0.481 e.